The molecular formula is C12H21N3O3S. The molecule has 0 spiro atoms. The lowest BCUT2D eigenvalue weighted by atomic mass is 9.80. The van der Waals surface area contributed by atoms with Gasteiger partial charge in [0.25, 0.3) is 10.0 Å². The average Bonchev–Trinajstić information content (AvgIpc) is 2.79. The highest BCUT2D eigenvalue weighted by Gasteiger charge is 2.33. The molecule has 1 fully saturated rings. The average molecular weight is 287 g/mol. The van der Waals surface area contributed by atoms with Crippen LogP contribution in [0.25, 0.3) is 0 Å². The molecule has 0 aliphatic heterocycles. The maximum atomic E-state index is 12.1. The van der Waals surface area contributed by atoms with E-state index in [2.05, 4.69) is 16.7 Å². The summed E-state index contributed by atoms with van der Waals surface area (Å²) in [6.07, 6.45) is 4.59. The predicted molar refractivity (Wildman–Crippen MR) is 71.0 cm³/mol. The van der Waals surface area contributed by atoms with Gasteiger partial charge in [-0.25, -0.2) is 13.1 Å². The normalized spacial score (nSPS) is 28.5. The van der Waals surface area contributed by atoms with Gasteiger partial charge in [-0.2, -0.15) is 5.10 Å². The largest absolute Gasteiger partial charge is 0.389 e. The van der Waals surface area contributed by atoms with E-state index < -0.39 is 15.6 Å². The number of aromatic nitrogens is 2. The zero-order valence-electron chi connectivity index (χ0n) is 11.3. The van der Waals surface area contributed by atoms with Gasteiger partial charge in [-0.05, 0) is 37.7 Å². The zero-order chi connectivity index (χ0) is 14.1. The third kappa shape index (κ3) is 3.34. The van der Waals surface area contributed by atoms with E-state index in [0.29, 0.717) is 18.8 Å². The Labute approximate surface area is 113 Å². The second kappa shape index (κ2) is 5.22. The van der Waals surface area contributed by atoms with Gasteiger partial charge in [0.1, 0.15) is 0 Å². The minimum atomic E-state index is -3.61. The summed E-state index contributed by atoms with van der Waals surface area (Å²) in [5.41, 5.74) is -0.918. The lowest BCUT2D eigenvalue weighted by Crippen LogP contribution is -2.45. The van der Waals surface area contributed by atoms with Crippen LogP contribution >= 0.6 is 0 Å². The van der Waals surface area contributed by atoms with Crippen LogP contribution in [0.5, 0.6) is 0 Å². The van der Waals surface area contributed by atoms with E-state index in [9.17, 15) is 13.5 Å². The van der Waals surface area contributed by atoms with Gasteiger partial charge in [-0.1, -0.05) is 6.92 Å². The van der Waals surface area contributed by atoms with Crippen molar-refractivity contribution >= 4 is 10.0 Å². The molecule has 2 rings (SSSR count). The van der Waals surface area contributed by atoms with Gasteiger partial charge in [0, 0.05) is 13.6 Å². The molecule has 0 atom stereocenters. The molecule has 7 heteroatoms. The van der Waals surface area contributed by atoms with E-state index in [-0.39, 0.29) is 11.6 Å². The maximum Gasteiger partial charge on any atom is 0.257 e. The molecule has 19 heavy (non-hydrogen) atoms. The molecular weight excluding hydrogens is 266 g/mol. The minimum Gasteiger partial charge on any atom is -0.389 e. The highest BCUT2D eigenvalue weighted by Crippen LogP contribution is 2.31. The fraction of sp³-hybridized carbons (Fsp3) is 0.750. The van der Waals surface area contributed by atoms with Gasteiger partial charge in [-0.15, -0.1) is 0 Å². The van der Waals surface area contributed by atoms with Crippen molar-refractivity contribution in [3.05, 3.63) is 12.3 Å². The summed E-state index contributed by atoms with van der Waals surface area (Å²) in [5, 5.41) is 14.3. The van der Waals surface area contributed by atoms with E-state index in [4.69, 9.17) is 0 Å². The second-order valence-electron chi connectivity index (χ2n) is 5.52. The number of hydrogen-bond acceptors (Lipinski definition) is 4. The fourth-order valence-electron chi connectivity index (χ4n) is 2.40. The molecule has 1 aromatic heterocycles. The Balaban J connectivity index is 2.01. The van der Waals surface area contributed by atoms with Crippen molar-refractivity contribution < 1.29 is 13.5 Å². The van der Waals surface area contributed by atoms with Crippen molar-refractivity contribution in [1.29, 1.82) is 0 Å². The van der Waals surface area contributed by atoms with E-state index >= 15 is 0 Å². The molecule has 0 radical (unpaired) electrons. The fourth-order valence-corrected chi connectivity index (χ4v) is 3.65. The van der Waals surface area contributed by atoms with Crippen molar-refractivity contribution in [2.24, 2.45) is 13.0 Å². The Morgan fingerprint density at radius 2 is 2.16 bits per heavy atom. The smallest absolute Gasteiger partial charge is 0.257 e. The van der Waals surface area contributed by atoms with Crippen LogP contribution < -0.4 is 4.72 Å². The van der Waals surface area contributed by atoms with Crippen molar-refractivity contribution in [3.63, 3.8) is 0 Å². The Hall–Kier alpha value is -0.920. The van der Waals surface area contributed by atoms with Crippen LogP contribution in [0.1, 0.15) is 32.6 Å². The van der Waals surface area contributed by atoms with Crippen LogP contribution in [0.4, 0.5) is 0 Å². The predicted octanol–water partition coefficient (Wildman–Crippen LogP) is 0.640. The summed E-state index contributed by atoms with van der Waals surface area (Å²) in [4.78, 5) is 0. The van der Waals surface area contributed by atoms with Crippen LogP contribution in [0.2, 0.25) is 0 Å². The molecule has 0 saturated heterocycles. The first-order valence-electron chi connectivity index (χ1n) is 6.52. The first-order valence-corrected chi connectivity index (χ1v) is 8.01. The van der Waals surface area contributed by atoms with E-state index in [0.717, 1.165) is 12.8 Å². The second-order valence-corrected chi connectivity index (χ2v) is 7.24. The van der Waals surface area contributed by atoms with Crippen molar-refractivity contribution in [1.82, 2.24) is 14.5 Å². The van der Waals surface area contributed by atoms with Crippen LogP contribution in [0, 0.1) is 5.92 Å². The van der Waals surface area contributed by atoms with Gasteiger partial charge in [0.15, 0.2) is 5.03 Å². The molecule has 6 nitrogen and oxygen atoms in total. The molecule has 0 amide bonds. The summed E-state index contributed by atoms with van der Waals surface area (Å²) in [5.74, 6) is 0.606. The van der Waals surface area contributed by atoms with E-state index in [1.807, 2.05) is 0 Å². The van der Waals surface area contributed by atoms with Crippen LogP contribution in [-0.2, 0) is 17.1 Å². The monoisotopic (exact) mass is 287 g/mol. The van der Waals surface area contributed by atoms with Gasteiger partial charge in [0.2, 0.25) is 0 Å². The molecule has 1 heterocycles. The molecule has 1 aromatic rings. The highest BCUT2D eigenvalue weighted by atomic mass is 32.2. The van der Waals surface area contributed by atoms with Crippen molar-refractivity contribution in [2.45, 2.75) is 43.2 Å². The SMILES string of the molecule is CC1CCC(O)(CNS(=O)(=O)c2ccnn2C)CC1. The molecule has 108 valence electrons. The van der Waals surface area contributed by atoms with Crippen molar-refractivity contribution in [2.75, 3.05) is 6.54 Å². The third-order valence-electron chi connectivity index (χ3n) is 3.85. The topological polar surface area (TPSA) is 84.2 Å². The van der Waals surface area contributed by atoms with Crippen LogP contribution in [-0.4, -0.2) is 35.5 Å². The number of aryl methyl sites for hydroxylation is 1. The number of aliphatic hydroxyl groups is 1. The van der Waals surface area contributed by atoms with Crippen molar-refractivity contribution in [3.8, 4) is 0 Å². The Kier molecular flexibility index (Phi) is 3.98. The minimum absolute atomic E-state index is 0.0627. The number of rotatable bonds is 4. The lowest BCUT2D eigenvalue weighted by Gasteiger charge is -2.34. The number of nitrogens with zero attached hydrogens (tertiary/aromatic N) is 2. The molecule has 1 aliphatic rings. The number of hydrogen-bond donors (Lipinski definition) is 2. The Bertz CT molecular complexity index is 530. The summed E-state index contributed by atoms with van der Waals surface area (Å²) < 4.78 is 28.0. The van der Waals surface area contributed by atoms with Gasteiger partial charge >= 0.3 is 0 Å². The quantitative estimate of drug-likeness (QED) is 0.851. The lowest BCUT2D eigenvalue weighted by molar-refractivity contribution is -0.00184. The summed E-state index contributed by atoms with van der Waals surface area (Å²) in [6.45, 7) is 2.21. The Morgan fingerprint density at radius 3 is 2.68 bits per heavy atom. The summed E-state index contributed by atoms with van der Waals surface area (Å²) in [7, 11) is -2.03. The van der Waals surface area contributed by atoms with Gasteiger partial charge < -0.3 is 5.11 Å². The molecule has 0 unspecified atom stereocenters. The highest BCUT2D eigenvalue weighted by molar-refractivity contribution is 7.89. The standard InChI is InChI=1S/C12H21N3O3S/c1-10-3-6-12(16,7-4-10)9-14-19(17,18)11-5-8-13-15(11)2/h5,8,10,14,16H,3-4,6-7,9H2,1-2H3. The van der Waals surface area contributed by atoms with Crippen LogP contribution in [0.3, 0.4) is 0 Å². The number of sulfonamides is 1. The molecule has 1 aliphatic carbocycles. The summed E-state index contributed by atoms with van der Waals surface area (Å²) >= 11 is 0. The molecule has 0 bridgehead atoms. The van der Waals surface area contributed by atoms with Gasteiger partial charge in [-0.3, -0.25) is 4.68 Å². The first kappa shape index (κ1) is 14.5. The Morgan fingerprint density at radius 1 is 1.53 bits per heavy atom. The first-order chi connectivity index (χ1) is 8.82. The zero-order valence-corrected chi connectivity index (χ0v) is 12.2. The van der Waals surface area contributed by atoms with E-state index in [1.54, 1.807) is 7.05 Å². The molecule has 2 N–H and O–H groups in total. The molecule has 0 aromatic carbocycles. The van der Waals surface area contributed by atoms with E-state index in [1.165, 1.54) is 16.9 Å². The molecule has 1 saturated carbocycles. The summed E-state index contributed by atoms with van der Waals surface area (Å²) in [6, 6.07) is 1.44. The maximum absolute atomic E-state index is 12.1. The van der Waals surface area contributed by atoms with Gasteiger partial charge in [0.05, 0.1) is 11.8 Å². The third-order valence-corrected chi connectivity index (χ3v) is 5.32. The van der Waals surface area contributed by atoms with Crippen LogP contribution in [0.15, 0.2) is 17.3 Å². The number of nitrogens with one attached hydrogen (secondary N) is 1.